The first kappa shape index (κ1) is 13.2. The number of methoxy groups -OCH3 is 1. The summed E-state index contributed by atoms with van der Waals surface area (Å²) in [5.74, 6) is -0.495. The lowest BCUT2D eigenvalue weighted by atomic mass is 10.2. The zero-order valence-corrected chi connectivity index (χ0v) is 10.6. The molecule has 90 valence electrons. The maximum absolute atomic E-state index is 11.3. The Morgan fingerprint density at radius 2 is 2.44 bits per heavy atom. The largest absolute Gasteiger partial charge is 0.465 e. The number of esters is 1. The van der Waals surface area contributed by atoms with Gasteiger partial charge in [-0.15, -0.1) is 0 Å². The van der Waals surface area contributed by atoms with Gasteiger partial charge in [0.25, 0.3) is 0 Å². The Labute approximate surface area is 102 Å². The minimum atomic E-state index is -0.495. The van der Waals surface area contributed by atoms with E-state index in [0.29, 0.717) is 11.6 Å². The van der Waals surface area contributed by atoms with Crippen LogP contribution in [0.3, 0.4) is 0 Å². The maximum Gasteiger partial charge on any atom is 0.351 e. The Morgan fingerprint density at radius 3 is 3.00 bits per heavy atom. The lowest BCUT2D eigenvalue weighted by Gasteiger charge is -2.09. The monoisotopic (exact) mass is 264 g/mol. The van der Waals surface area contributed by atoms with Crippen molar-refractivity contribution in [2.75, 3.05) is 19.0 Å². The standard InChI is InChI=1S/C9H13ClN2O3S/c1-5(3-4-13)11-9-12-7(10)6(16-9)8(14)15-2/h5,13H,3-4H2,1-2H3,(H,11,12). The Balaban J connectivity index is 2.73. The Morgan fingerprint density at radius 1 is 1.75 bits per heavy atom. The molecule has 0 aliphatic carbocycles. The number of nitrogens with one attached hydrogen (secondary N) is 1. The number of hydrogen-bond donors (Lipinski definition) is 2. The van der Waals surface area contributed by atoms with Crippen molar-refractivity contribution in [3.8, 4) is 0 Å². The molecule has 0 spiro atoms. The number of aliphatic hydroxyl groups excluding tert-OH is 1. The molecule has 1 heterocycles. The van der Waals surface area contributed by atoms with Gasteiger partial charge in [-0.3, -0.25) is 0 Å². The van der Waals surface area contributed by atoms with Gasteiger partial charge in [0.15, 0.2) is 15.2 Å². The Hall–Kier alpha value is -0.850. The molecular formula is C9H13ClN2O3S. The molecule has 0 aliphatic heterocycles. The lowest BCUT2D eigenvalue weighted by molar-refractivity contribution is 0.0606. The van der Waals surface area contributed by atoms with Crippen LogP contribution in [0.1, 0.15) is 23.0 Å². The lowest BCUT2D eigenvalue weighted by Crippen LogP contribution is -2.16. The first-order valence-electron chi connectivity index (χ1n) is 4.70. The third kappa shape index (κ3) is 3.33. The minimum absolute atomic E-state index is 0.0673. The van der Waals surface area contributed by atoms with E-state index in [9.17, 15) is 4.79 Å². The summed E-state index contributed by atoms with van der Waals surface area (Å²) in [5, 5.41) is 12.5. The van der Waals surface area contributed by atoms with E-state index in [1.54, 1.807) is 0 Å². The normalized spacial score (nSPS) is 12.2. The van der Waals surface area contributed by atoms with Crippen LogP contribution in [0.5, 0.6) is 0 Å². The number of aliphatic hydroxyl groups is 1. The highest BCUT2D eigenvalue weighted by atomic mass is 35.5. The van der Waals surface area contributed by atoms with Crippen LogP contribution in [0.25, 0.3) is 0 Å². The van der Waals surface area contributed by atoms with Crippen molar-refractivity contribution in [1.82, 2.24) is 4.98 Å². The fourth-order valence-electron chi connectivity index (χ4n) is 1.06. The molecule has 1 aromatic heterocycles. The third-order valence-corrected chi connectivity index (χ3v) is 3.24. The van der Waals surface area contributed by atoms with Gasteiger partial charge in [0.1, 0.15) is 0 Å². The summed E-state index contributed by atoms with van der Waals surface area (Å²) >= 11 is 6.92. The molecule has 1 rings (SSSR count). The van der Waals surface area contributed by atoms with Gasteiger partial charge in [0, 0.05) is 12.6 Å². The summed E-state index contributed by atoms with van der Waals surface area (Å²) in [6.45, 7) is 2.00. The predicted molar refractivity (Wildman–Crippen MR) is 63.3 cm³/mol. The fraction of sp³-hybridized carbons (Fsp3) is 0.556. The number of carbonyl (C=O) groups excluding carboxylic acids is 1. The zero-order chi connectivity index (χ0) is 12.1. The molecule has 16 heavy (non-hydrogen) atoms. The number of nitrogens with zero attached hydrogens (tertiary/aromatic N) is 1. The number of carbonyl (C=O) groups is 1. The SMILES string of the molecule is COC(=O)c1sc(NC(C)CCO)nc1Cl. The molecule has 0 amide bonds. The first-order chi connectivity index (χ1) is 7.58. The van der Waals surface area contributed by atoms with Crippen LogP contribution in [-0.2, 0) is 4.74 Å². The first-order valence-corrected chi connectivity index (χ1v) is 5.90. The van der Waals surface area contributed by atoms with Crippen molar-refractivity contribution >= 4 is 34.0 Å². The number of rotatable bonds is 5. The Kier molecular flexibility index (Phi) is 4.98. The topological polar surface area (TPSA) is 71.5 Å². The molecule has 7 heteroatoms. The molecule has 0 aliphatic rings. The second-order valence-corrected chi connectivity index (χ2v) is 4.55. The number of hydrogen-bond acceptors (Lipinski definition) is 6. The Bertz CT molecular complexity index is 370. The van der Waals surface area contributed by atoms with Crippen LogP contribution in [0.2, 0.25) is 5.15 Å². The van der Waals surface area contributed by atoms with Crippen molar-refractivity contribution in [2.45, 2.75) is 19.4 Å². The van der Waals surface area contributed by atoms with Gasteiger partial charge in [-0.1, -0.05) is 22.9 Å². The van der Waals surface area contributed by atoms with E-state index in [0.717, 1.165) is 11.3 Å². The smallest absolute Gasteiger partial charge is 0.351 e. The van der Waals surface area contributed by atoms with Crippen molar-refractivity contribution in [2.24, 2.45) is 0 Å². The molecule has 0 saturated carbocycles. The van der Waals surface area contributed by atoms with Crippen molar-refractivity contribution in [1.29, 1.82) is 0 Å². The van der Waals surface area contributed by atoms with Crippen LogP contribution < -0.4 is 5.32 Å². The molecule has 2 N–H and O–H groups in total. The van der Waals surface area contributed by atoms with Gasteiger partial charge in [-0.2, -0.15) is 0 Å². The summed E-state index contributed by atoms with van der Waals surface area (Å²) in [7, 11) is 1.29. The van der Waals surface area contributed by atoms with Crippen LogP contribution in [0, 0.1) is 0 Å². The van der Waals surface area contributed by atoms with E-state index in [1.807, 2.05) is 6.92 Å². The average molecular weight is 265 g/mol. The molecule has 0 radical (unpaired) electrons. The summed E-state index contributed by atoms with van der Waals surface area (Å²) in [5.41, 5.74) is 0. The van der Waals surface area contributed by atoms with Crippen LogP contribution >= 0.6 is 22.9 Å². The number of thiazole rings is 1. The molecule has 0 fully saturated rings. The molecular weight excluding hydrogens is 252 g/mol. The van der Waals surface area contributed by atoms with Gasteiger partial charge < -0.3 is 15.2 Å². The van der Waals surface area contributed by atoms with Crippen LogP contribution in [0.15, 0.2) is 0 Å². The number of aromatic nitrogens is 1. The zero-order valence-electron chi connectivity index (χ0n) is 8.99. The van der Waals surface area contributed by atoms with E-state index < -0.39 is 5.97 Å². The van der Waals surface area contributed by atoms with E-state index in [-0.39, 0.29) is 22.7 Å². The molecule has 1 unspecified atom stereocenters. The number of anilines is 1. The number of ether oxygens (including phenoxy) is 1. The van der Waals surface area contributed by atoms with Gasteiger partial charge >= 0.3 is 5.97 Å². The van der Waals surface area contributed by atoms with Gasteiger partial charge in [-0.05, 0) is 13.3 Å². The molecule has 0 saturated heterocycles. The average Bonchev–Trinajstić information content (AvgIpc) is 2.58. The highest BCUT2D eigenvalue weighted by Crippen LogP contribution is 2.28. The van der Waals surface area contributed by atoms with E-state index in [2.05, 4.69) is 15.0 Å². The van der Waals surface area contributed by atoms with Crippen molar-refractivity contribution in [3.63, 3.8) is 0 Å². The fourth-order valence-corrected chi connectivity index (χ4v) is 2.27. The van der Waals surface area contributed by atoms with Crippen molar-refractivity contribution in [3.05, 3.63) is 10.0 Å². The molecule has 1 aromatic rings. The third-order valence-electron chi connectivity index (χ3n) is 1.89. The highest BCUT2D eigenvalue weighted by molar-refractivity contribution is 7.18. The second-order valence-electron chi connectivity index (χ2n) is 3.19. The number of halogens is 1. The van der Waals surface area contributed by atoms with E-state index >= 15 is 0 Å². The molecule has 1 atom stereocenters. The molecule has 5 nitrogen and oxygen atoms in total. The summed E-state index contributed by atoms with van der Waals surface area (Å²) in [6, 6.07) is 0.0673. The van der Waals surface area contributed by atoms with E-state index in [4.69, 9.17) is 16.7 Å². The highest BCUT2D eigenvalue weighted by Gasteiger charge is 2.17. The quantitative estimate of drug-likeness (QED) is 0.793. The summed E-state index contributed by atoms with van der Waals surface area (Å²) < 4.78 is 4.56. The van der Waals surface area contributed by atoms with Crippen molar-refractivity contribution < 1.29 is 14.6 Å². The molecule has 0 bridgehead atoms. The predicted octanol–water partition coefficient (Wildman–Crippen LogP) is 1.77. The van der Waals surface area contributed by atoms with Gasteiger partial charge in [0.05, 0.1) is 7.11 Å². The van der Waals surface area contributed by atoms with E-state index in [1.165, 1.54) is 7.11 Å². The maximum atomic E-state index is 11.3. The van der Waals surface area contributed by atoms with Gasteiger partial charge in [-0.25, -0.2) is 9.78 Å². The summed E-state index contributed by atoms with van der Waals surface area (Å²) in [6.07, 6.45) is 0.602. The molecule has 0 aromatic carbocycles. The summed E-state index contributed by atoms with van der Waals surface area (Å²) in [4.78, 5) is 15.5. The van der Waals surface area contributed by atoms with Crippen LogP contribution in [0.4, 0.5) is 5.13 Å². The minimum Gasteiger partial charge on any atom is -0.465 e. The second kappa shape index (κ2) is 6.03. The van der Waals surface area contributed by atoms with Gasteiger partial charge in [0.2, 0.25) is 0 Å². The van der Waals surface area contributed by atoms with Crippen LogP contribution in [-0.4, -0.2) is 35.8 Å².